The van der Waals surface area contributed by atoms with Crippen molar-refractivity contribution in [3.8, 4) is 0 Å². The first-order valence-electron chi connectivity index (χ1n) is 5.88. The van der Waals surface area contributed by atoms with Gasteiger partial charge in [-0.15, -0.1) is 0 Å². The SMILES string of the molecule is COC(CCBr)c1ccc(C(C)C)cc1[N+](=O)[O-]. The monoisotopic (exact) mass is 315 g/mol. The van der Waals surface area contributed by atoms with Crippen LogP contribution < -0.4 is 0 Å². The maximum absolute atomic E-state index is 11.2. The molecule has 100 valence electrons. The zero-order chi connectivity index (χ0) is 13.7. The number of alkyl halides is 1. The molecule has 0 spiro atoms. The van der Waals surface area contributed by atoms with Gasteiger partial charge < -0.3 is 4.74 Å². The van der Waals surface area contributed by atoms with Crippen molar-refractivity contribution >= 4 is 21.6 Å². The molecular weight excluding hydrogens is 298 g/mol. The van der Waals surface area contributed by atoms with E-state index < -0.39 is 0 Å². The van der Waals surface area contributed by atoms with Crippen molar-refractivity contribution in [1.29, 1.82) is 0 Å². The fraction of sp³-hybridized carbons (Fsp3) is 0.538. The van der Waals surface area contributed by atoms with Gasteiger partial charge in [0.2, 0.25) is 0 Å². The van der Waals surface area contributed by atoms with Gasteiger partial charge in [-0.05, 0) is 24.0 Å². The van der Waals surface area contributed by atoms with Crippen LogP contribution in [0.15, 0.2) is 18.2 Å². The lowest BCUT2D eigenvalue weighted by Crippen LogP contribution is -2.06. The summed E-state index contributed by atoms with van der Waals surface area (Å²) in [6.07, 6.45) is 0.462. The summed E-state index contributed by atoms with van der Waals surface area (Å²) >= 11 is 3.34. The Labute approximate surface area is 116 Å². The molecule has 4 nitrogen and oxygen atoms in total. The summed E-state index contributed by atoms with van der Waals surface area (Å²) in [5.74, 6) is 0.273. The van der Waals surface area contributed by atoms with Crippen molar-refractivity contribution in [1.82, 2.24) is 0 Å². The van der Waals surface area contributed by atoms with Crippen molar-refractivity contribution in [2.45, 2.75) is 32.3 Å². The molecule has 0 amide bonds. The van der Waals surface area contributed by atoms with Crippen LogP contribution in [0.3, 0.4) is 0 Å². The fourth-order valence-corrected chi connectivity index (χ4v) is 2.27. The van der Waals surface area contributed by atoms with Gasteiger partial charge in [0, 0.05) is 18.5 Å². The maximum Gasteiger partial charge on any atom is 0.275 e. The third kappa shape index (κ3) is 3.53. The Bertz CT molecular complexity index is 421. The second kappa shape index (κ2) is 6.85. The number of methoxy groups -OCH3 is 1. The van der Waals surface area contributed by atoms with Gasteiger partial charge in [0.25, 0.3) is 5.69 Å². The van der Waals surface area contributed by atoms with Crippen molar-refractivity contribution in [2.75, 3.05) is 12.4 Å². The molecule has 0 aromatic heterocycles. The van der Waals surface area contributed by atoms with E-state index in [1.807, 2.05) is 26.0 Å². The van der Waals surface area contributed by atoms with Crippen LogP contribution >= 0.6 is 15.9 Å². The molecule has 1 atom stereocenters. The highest BCUT2D eigenvalue weighted by molar-refractivity contribution is 9.09. The molecule has 0 N–H and O–H groups in total. The van der Waals surface area contributed by atoms with E-state index in [2.05, 4.69) is 15.9 Å². The number of nitrogens with zero attached hydrogens (tertiary/aromatic N) is 1. The molecule has 1 unspecified atom stereocenters. The van der Waals surface area contributed by atoms with Crippen LogP contribution in [0.5, 0.6) is 0 Å². The Morgan fingerprint density at radius 2 is 2.11 bits per heavy atom. The minimum absolute atomic E-state index is 0.147. The Morgan fingerprint density at radius 3 is 2.56 bits per heavy atom. The van der Waals surface area contributed by atoms with E-state index in [1.165, 1.54) is 0 Å². The molecular formula is C13H18BrNO3. The number of nitro benzene ring substituents is 1. The van der Waals surface area contributed by atoms with Crippen LogP contribution in [-0.2, 0) is 4.74 Å². The van der Waals surface area contributed by atoms with E-state index >= 15 is 0 Å². The summed E-state index contributed by atoms with van der Waals surface area (Å²) in [6.45, 7) is 4.04. The fourth-order valence-electron chi connectivity index (χ4n) is 1.85. The third-order valence-corrected chi connectivity index (χ3v) is 3.38. The molecule has 1 aromatic rings. The third-order valence-electron chi connectivity index (χ3n) is 2.92. The lowest BCUT2D eigenvalue weighted by Gasteiger charge is -2.16. The quantitative estimate of drug-likeness (QED) is 0.449. The average Bonchev–Trinajstić information content (AvgIpc) is 2.35. The lowest BCUT2D eigenvalue weighted by atomic mass is 9.97. The first kappa shape index (κ1) is 15.1. The minimum Gasteiger partial charge on any atom is -0.376 e. The van der Waals surface area contributed by atoms with Crippen LogP contribution in [0, 0.1) is 10.1 Å². The smallest absolute Gasteiger partial charge is 0.275 e. The molecule has 0 heterocycles. The highest BCUT2D eigenvalue weighted by Gasteiger charge is 2.22. The van der Waals surface area contributed by atoms with Crippen molar-refractivity contribution in [3.63, 3.8) is 0 Å². The normalized spacial score (nSPS) is 12.7. The van der Waals surface area contributed by atoms with Crippen molar-refractivity contribution in [2.24, 2.45) is 0 Å². The van der Waals surface area contributed by atoms with Crippen LogP contribution in [0.25, 0.3) is 0 Å². The molecule has 1 aromatic carbocycles. The zero-order valence-corrected chi connectivity index (χ0v) is 12.4. The van der Waals surface area contributed by atoms with Gasteiger partial charge in [0.05, 0.1) is 16.6 Å². The van der Waals surface area contributed by atoms with Gasteiger partial charge in [-0.2, -0.15) is 0 Å². The van der Waals surface area contributed by atoms with Crippen LogP contribution in [0.1, 0.15) is 43.4 Å². The summed E-state index contributed by atoms with van der Waals surface area (Å²) in [6, 6.07) is 5.40. The highest BCUT2D eigenvalue weighted by Crippen LogP contribution is 2.32. The Hall–Kier alpha value is -0.940. The van der Waals surface area contributed by atoms with E-state index in [0.29, 0.717) is 12.0 Å². The van der Waals surface area contributed by atoms with Gasteiger partial charge >= 0.3 is 0 Å². The van der Waals surface area contributed by atoms with E-state index in [0.717, 1.165) is 10.9 Å². The van der Waals surface area contributed by atoms with E-state index in [-0.39, 0.29) is 22.6 Å². The number of hydrogen-bond acceptors (Lipinski definition) is 3. The van der Waals surface area contributed by atoms with Crippen molar-refractivity contribution in [3.05, 3.63) is 39.4 Å². The molecule has 0 aliphatic heterocycles. The highest BCUT2D eigenvalue weighted by atomic mass is 79.9. The standard InChI is InChI=1S/C13H18BrNO3/c1-9(2)10-4-5-11(12(8-10)15(16)17)13(18-3)6-7-14/h4-5,8-9,13H,6-7H2,1-3H3. The Morgan fingerprint density at radius 1 is 1.44 bits per heavy atom. The molecule has 0 bridgehead atoms. The maximum atomic E-state index is 11.2. The predicted molar refractivity (Wildman–Crippen MR) is 75.3 cm³/mol. The zero-order valence-electron chi connectivity index (χ0n) is 10.9. The molecule has 0 aliphatic rings. The number of halogens is 1. The molecule has 0 saturated carbocycles. The largest absolute Gasteiger partial charge is 0.376 e. The van der Waals surface area contributed by atoms with Gasteiger partial charge in [-0.3, -0.25) is 10.1 Å². The van der Waals surface area contributed by atoms with E-state index in [1.54, 1.807) is 13.2 Å². The number of rotatable bonds is 6. The van der Waals surface area contributed by atoms with Gasteiger partial charge in [0.15, 0.2) is 0 Å². The summed E-state index contributed by atoms with van der Waals surface area (Å²) in [7, 11) is 1.58. The average molecular weight is 316 g/mol. The number of ether oxygens (including phenoxy) is 1. The molecule has 1 rings (SSSR count). The van der Waals surface area contributed by atoms with Crippen molar-refractivity contribution < 1.29 is 9.66 Å². The van der Waals surface area contributed by atoms with Gasteiger partial charge in [-0.1, -0.05) is 35.8 Å². The second-order valence-electron chi connectivity index (χ2n) is 4.43. The Balaban J connectivity index is 3.21. The van der Waals surface area contributed by atoms with Crippen LogP contribution in [0.2, 0.25) is 0 Å². The first-order valence-corrected chi connectivity index (χ1v) is 7.00. The summed E-state index contributed by atoms with van der Waals surface area (Å²) in [5, 5.41) is 11.9. The summed E-state index contributed by atoms with van der Waals surface area (Å²) in [5.41, 5.74) is 1.76. The topological polar surface area (TPSA) is 52.4 Å². The van der Waals surface area contributed by atoms with E-state index in [4.69, 9.17) is 4.74 Å². The lowest BCUT2D eigenvalue weighted by molar-refractivity contribution is -0.386. The molecule has 0 saturated heterocycles. The molecule has 0 radical (unpaired) electrons. The number of benzene rings is 1. The molecule has 0 aliphatic carbocycles. The molecule has 0 fully saturated rings. The van der Waals surface area contributed by atoms with E-state index in [9.17, 15) is 10.1 Å². The molecule has 5 heteroatoms. The Kier molecular flexibility index (Phi) is 5.75. The molecule has 18 heavy (non-hydrogen) atoms. The van der Waals surface area contributed by atoms with Crippen LogP contribution in [-0.4, -0.2) is 17.4 Å². The number of nitro groups is 1. The number of hydrogen-bond donors (Lipinski definition) is 0. The summed E-state index contributed by atoms with van der Waals surface area (Å²) in [4.78, 5) is 10.8. The second-order valence-corrected chi connectivity index (χ2v) is 5.23. The minimum atomic E-state index is -0.332. The van der Waals surface area contributed by atoms with Crippen LogP contribution in [0.4, 0.5) is 5.69 Å². The predicted octanol–water partition coefficient (Wildman–Crippen LogP) is 4.19. The summed E-state index contributed by atoms with van der Waals surface area (Å²) < 4.78 is 5.33. The first-order chi connectivity index (χ1) is 8.51. The van der Waals surface area contributed by atoms with Gasteiger partial charge in [-0.25, -0.2) is 0 Å². The van der Waals surface area contributed by atoms with Gasteiger partial charge in [0.1, 0.15) is 0 Å².